The fraction of sp³-hybridized carbons (Fsp3) is 0.304. The molecule has 0 spiro atoms. The van der Waals surface area contributed by atoms with Crippen LogP contribution >= 0.6 is 34.4 Å². The Labute approximate surface area is 200 Å². The molecule has 0 fully saturated rings. The van der Waals surface area contributed by atoms with Crippen LogP contribution in [-0.2, 0) is 11.3 Å². The molecule has 1 aromatic carbocycles. The maximum absolute atomic E-state index is 12.6. The molecular weight excluding hydrogens is 458 g/mol. The van der Waals surface area contributed by atoms with Crippen LogP contribution in [0.3, 0.4) is 0 Å². The van der Waals surface area contributed by atoms with Crippen molar-refractivity contribution in [3.63, 3.8) is 0 Å². The Morgan fingerprint density at radius 1 is 1.09 bits per heavy atom. The van der Waals surface area contributed by atoms with E-state index in [-0.39, 0.29) is 11.7 Å². The van der Waals surface area contributed by atoms with E-state index in [1.165, 1.54) is 39.1 Å². The number of nitrogens with one attached hydrogen (secondary N) is 1. The van der Waals surface area contributed by atoms with E-state index in [0.29, 0.717) is 5.13 Å². The number of amides is 1. The Hall–Kier alpha value is -2.49. The zero-order valence-electron chi connectivity index (χ0n) is 18.5. The standard InChI is InChI=1S/C23H25N5OS3/c1-5-10-28-21(18-11-30-16(4)15(18)3)26-27-23(28)32-13-20(29)25-22-24-19(12-31-22)17-8-6-14(2)7-9-17/h6-9,11-12H,5,10,13H2,1-4H3,(H,24,25,29). The number of hydrogen-bond donors (Lipinski definition) is 1. The van der Waals surface area contributed by atoms with E-state index < -0.39 is 0 Å². The van der Waals surface area contributed by atoms with Crippen LogP contribution in [0.25, 0.3) is 22.6 Å². The van der Waals surface area contributed by atoms with Gasteiger partial charge in [-0.05, 0) is 32.8 Å². The Kier molecular flexibility index (Phi) is 7.07. The summed E-state index contributed by atoms with van der Waals surface area (Å²) < 4.78 is 2.12. The Balaban J connectivity index is 1.42. The van der Waals surface area contributed by atoms with Crippen LogP contribution in [0.5, 0.6) is 0 Å². The highest BCUT2D eigenvalue weighted by Crippen LogP contribution is 2.32. The molecule has 3 aromatic heterocycles. The Morgan fingerprint density at radius 2 is 1.88 bits per heavy atom. The lowest BCUT2D eigenvalue weighted by Gasteiger charge is -2.08. The number of hydrogen-bond acceptors (Lipinski definition) is 7. The van der Waals surface area contributed by atoms with Crippen molar-refractivity contribution in [1.29, 1.82) is 0 Å². The molecule has 0 saturated carbocycles. The van der Waals surface area contributed by atoms with Crippen molar-refractivity contribution < 1.29 is 4.79 Å². The number of rotatable bonds is 8. The highest BCUT2D eigenvalue weighted by atomic mass is 32.2. The molecule has 9 heteroatoms. The van der Waals surface area contributed by atoms with Crippen molar-refractivity contribution >= 4 is 45.5 Å². The predicted octanol–water partition coefficient (Wildman–Crippen LogP) is 6.20. The van der Waals surface area contributed by atoms with E-state index in [1.54, 1.807) is 11.3 Å². The highest BCUT2D eigenvalue weighted by molar-refractivity contribution is 7.99. The number of thioether (sulfide) groups is 1. The van der Waals surface area contributed by atoms with E-state index in [1.807, 2.05) is 17.5 Å². The zero-order valence-corrected chi connectivity index (χ0v) is 21.0. The largest absolute Gasteiger partial charge is 0.302 e. The monoisotopic (exact) mass is 483 g/mol. The van der Waals surface area contributed by atoms with Gasteiger partial charge in [0.2, 0.25) is 5.91 Å². The lowest BCUT2D eigenvalue weighted by atomic mass is 10.1. The van der Waals surface area contributed by atoms with Crippen LogP contribution in [-0.4, -0.2) is 31.4 Å². The molecule has 0 radical (unpaired) electrons. The first-order valence-corrected chi connectivity index (χ1v) is 13.1. The molecule has 0 bridgehead atoms. The van der Waals surface area contributed by atoms with Crippen molar-refractivity contribution in [3.8, 4) is 22.6 Å². The van der Waals surface area contributed by atoms with Crippen LogP contribution in [0.2, 0.25) is 0 Å². The summed E-state index contributed by atoms with van der Waals surface area (Å²) in [4.78, 5) is 18.4. The second-order valence-electron chi connectivity index (χ2n) is 7.53. The van der Waals surface area contributed by atoms with E-state index in [0.717, 1.165) is 40.8 Å². The molecule has 0 aliphatic rings. The molecule has 1 N–H and O–H groups in total. The molecule has 4 rings (SSSR count). The summed E-state index contributed by atoms with van der Waals surface area (Å²) in [5, 5.41) is 17.2. The summed E-state index contributed by atoms with van der Waals surface area (Å²) in [6.07, 6.45) is 0.966. The lowest BCUT2D eigenvalue weighted by molar-refractivity contribution is -0.113. The molecule has 32 heavy (non-hydrogen) atoms. The molecule has 6 nitrogen and oxygen atoms in total. The van der Waals surface area contributed by atoms with Gasteiger partial charge in [0.25, 0.3) is 0 Å². The quantitative estimate of drug-likeness (QED) is 0.302. The normalized spacial score (nSPS) is 11.1. The van der Waals surface area contributed by atoms with Crippen LogP contribution in [0.15, 0.2) is 40.2 Å². The second kappa shape index (κ2) is 9.97. The van der Waals surface area contributed by atoms with Gasteiger partial charge in [-0.1, -0.05) is 48.5 Å². The van der Waals surface area contributed by atoms with Crippen molar-refractivity contribution in [2.75, 3.05) is 11.1 Å². The first-order chi connectivity index (χ1) is 15.5. The summed E-state index contributed by atoms with van der Waals surface area (Å²) in [5.74, 6) is 1.03. The minimum Gasteiger partial charge on any atom is -0.302 e. The van der Waals surface area contributed by atoms with Gasteiger partial charge in [-0.15, -0.1) is 32.9 Å². The molecule has 0 saturated heterocycles. The van der Waals surface area contributed by atoms with Gasteiger partial charge in [-0.25, -0.2) is 4.98 Å². The summed E-state index contributed by atoms with van der Waals surface area (Å²) in [5.41, 5.74) is 5.48. The second-order valence-corrected chi connectivity index (χ2v) is 10.4. The highest BCUT2D eigenvalue weighted by Gasteiger charge is 2.18. The molecule has 0 aliphatic carbocycles. The fourth-order valence-electron chi connectivity index (χ4n) is 3.23. The topological polar surface area (TPSA) is 72.7 Å². The number of benzene rings is 1. The average molecular weight is 484 g/mol. The van der Waals surface area contributed by atoms with Gasteiger partial charge in [0.1, 0.15) is 0 Å². The van der Waals surface area contributed by atoms with E-state index in [2.05, 4.69) is 70.3 Å². The molecular formula is C23H25N5OS3. The molecule has 0 atom stereocenters. The maximum atomic E-state index is 12.6. The number of aromatic nitrogens is 4. The number of aryl methyl sites for hydroxylation is 2. The van der Waals surface area contributed by atoms with E-state index >= 15 is 0 Å². The van der Waals surface area contributed by atoms with Gasteiger partial charge in [0.15, 0.2) is 16.1 Å². The van der Waals surface area contributed by atoms with E-state index in [9.17, 15) is 4.79 Å². The van der Waals surface area contributed by atoms with Gasteiger partial charge < -0.3 is 9.88 Å². The average Bonchev–Trinajstić information content (AvgIpc) is 3.48. The van der Waals surface area contributed by atoms with Crippen molar-refractivity contribution in [1.82, 2.24) is 19.7 Å². The van der Waals surface area contributed by atoms with Crippen LogP contribution < -0.4 is 5.32 Å². The number of carbonyl (C=O) groups excluding carboxylic acids is 1. The van der Waals surface area contributed by atoms with Gasteiger partial charge in [-0.2, -0.15) is 0 Å². The molecule has 1 amide bonds. The third kappa shape index (κ3) is 4.95. The fourth-order valence-corrected chi connectivity index (χ4v) is 5.59. The SMILES string of the molecule is CCCn1c(SCC(=O)Nc2nc(-c3ccc(C)cc3)cs2)nnc1-c1csc(C)c1C. The first kappa shape index (κ1) is 22.7. The molecule has 166 valence electrons. The minimum atomic E-state index is -0.102. The predicted molar refractivity (Wildman–Crippen MR) is 135 cm³/mol. The third-order valence-corrected chi connectivity index (χ3v) is 7.86. The number of thiazole rings is 1. The summed E-state index contributed by atoms with van der Waals surface area (Å²) in [6, 6.07) is 8.20. The van der Waals surface area contributed by atoms with Crippen molar-refractivity contribution in [3.05, 3.63) is 51.0 Å². The molecule has 0 unspecified atom stereocenters. The van der Waals surface area contributed by atoms with Gasteiger partial charge in [0, 0.05) is 33.3 Å². The van der Waals surface area contributed by atoms with Gasteiger partial charge in [-0.3, -0.25) is 4.79 Å². The summed E-state index contributed by atoms with van der Waals surface area (Å²) in [7, 11) is 0. The van der Waals surface area contributed by atoms with Gasteiger partial charge in [0.05, 0.1) is 11.4 Å². The van der Waals surface area contributed by atoms with E-state index in [4.69, 9.17) is 0 Å². The van der Waals surface area contributed by atoms with Crippen LogP contribution in [0.1, 0.15) is 29.3 Å². The molecule has 3 heterocycles. The third-order valence-electron chi connectivity index (χ3n) is 5.12. The van der Waals surface area contributed by atoms with Crippen molar-refractivity contribution in [2.45, 2.75) is 45.8 Å². The van der Waals surface area contributed by atoms with Crippen LogP contribution in [0.4, 0.5) is 5.13 Å². The summed E-state index contributed by atoms with van der Waals surface area (Å²) >= 11 is 4.56. The van der Waals surface area contributed by atoms with Gasteiger partial charge >= 0.3 is 0 Å². The first-order valence-electron chi connectivity index (χ1n) is 10.4. The number of anilines is 1. The molecule has 0 aliphatic heterocycles. The smallest absolute Gasteiger partial charge is 0.236 e. The molecule has 4 aromatic rings. The summed E-state index contributed by atoms with van der Waals surface area (Å²) in [6.45, 7) is 9.23. The zero-order chi connectivity index (χ0) is 22.7. The number of nitrogens with zero attached hydrogens (tertiary/aromatic N) is 4. The maximum Gasteiger partial charge on any atom is 0.236 e. The van der Waals surface area contributed by atoms with Crippen LogP contribution in [0, 0.1) is 20.8 Å². The van der Waals surface area contributed by atoms with Crippen molar-refractivity contribution in [2.24, 2.45) is 0 Å². The Morgan fingerprint density at radius 3 is 2.56 bits per heavy atom. The number of thiophene rings is 1. The lowest BCUT2D eigenvalue weighted by Crippen LogP contribution is -2.14. The number of carbonyl (C=O) groups is 1. The Bertz CT molecular complexity index is 1220. The minimum absolute atomic E-state index is 0.102.